The first-order valence-electron chi connectivity index (χ1n) is 7.46. The predicted octanol–water partition coefficient (Wildman–Crippen LogP) is 2.64. The van der Waals surface area contributed by atoms with Crippen molar-refractivity contribution in [2.75, 3.05) is 11.5 Å². The molecule has 23 heavy (non-hydrogen) atoms. The molecule has 2 aliphatic heterocycles. The smallest absolute Gasteiger partial charge is 0.266 e. The Hall–Kier alpha value is -1.18. The summed E-state index contributed by atoms with van der Waals surface area (Å²) in [6, 6.07) is 7.71. The maximum absolute atomic E-state index is 12.6. The Morgan fingerprint density at radius 2 is 2.04 bits per heavy atom. The van der Waals surface area contributed by atoms with Crippen LogP contribution >= 0.6 is 24.0 Å². The molecular weight excluding hydrogens is 350 g/mol. The number of nitrogens with zero attached hydrogens (tertiary/aromatic N) is 1. The number of sulfone groups is 1. The number of benzene rings is 1. The van der Waals surface area contributed by atoms with Gasteiger partial charge in [-0.05, 0) is 30.0 Å². The fourth-order valence-electron chi connectivity index (χ4n) is 2.77. The van der Waals surface area contributed by atoms with Gasteiger partial charge in [0.05, 0.1) is 22.5 Å². The number of amides is 1. The van der Waals surface area contributed by atoms with Crippen LogP contribution in [0.15, 0.2) is 29.2 Å². The summed E-state index contributed by atoms with van der Waals surface area (Å²) in [6.07, 6.45) is 3.26. The van der Waals surface area contributed by atoms with Gasteiger partial charge in [0.25, 0.3) is 5.91 Å². The van der Waals surface area contributed by atoms with Crippen LogP contribution < -0.4 is 0 Å². The van der Waals surface area contributed by atoms with Crippen LogP contribution in [0.4, 0.5) is 0 Å². The minimum Gasteiger partial charge on any atom is -0.289 e. The number of hydrogen-bond donors (Lipinski definition) is 0. The summed E-state index contributed by atoms with van der Waals surface area (Å²) in [6.45, 7) is 2.09. The summed E-state index contributed by atoms with van der Waals surface area (Å²) in [4.78, 5) is 14.6. The van der Waals surface area contributed by atoms with E-state index in [-0.39, 0.29) is 23.5 Å². The van der Waals surface area contributed by atoms with Gasteiger partial charge in [-0.15, -0.1) is 0 Å². The standard InChI is InChI=1S/C16H17NO3S3/c1-2-11-3-5-12(6-4-11)9-14-15(18)17(16(21)22-14)13-7-8-23(19,20)10-13/h3-6,9,13H,2,7-8,10H2,1H3/b14-9-/t13-/m0/s1. The molecule has 2 heterocycles. The summed E-state index contributed by atoms with van der Waals surface area (Å²) < 4.78 is 23.7. The van der Waals surface area contributed by atoms with Gasteiger partial charge in [-0.3, -0.25) is 9.69 Å². The molecule has 1 amide bonds. The molecule has 2 saturated heterocycles. The Morgan fingerprint density at radius 3 is 2.61 bits per heavy atom. The minimum atomic E-state index is -3.05. The van der Waals surface area contributed by atoms with Gasteiger partial charge in [0.15, 0.2) is 9.84 Å². The van der Waals surface area contributed by atoms with Crippen LogP contribution in [0, 0.1) is 0 Å². The Bertz CT molecular complexity index is 781. The van der Waals surface area contributed by atoms with Crippen LogP contribution in [-0.4, -0.2) is 41.1 Å². The first-order chi connectivity index (χ1) is 10.9. The Balaban J connectivity index is 1.81. The van der Waals surface area contributed by atoms with Gasteiger partial charge in [0.1, 0.15) is 4.32 Å². The van der Waals surface area contributed by atoms with E-state index in [1.165, 1.54) is 22.2 Å². The molecule has 7 heteroatoms. The predicted molar refractivity (Wildman–Crippen MR) is 97.9 cm³/mol. The van der Waals surface area contributed by atoms with Crippen LogP contribution in [0.25, 0.3) is 6.08 Å². The van der Waals surface area contributed by atoms with Crippen molar-refractivity contribution >= 4 is 50.1 Å². The van der Waals surface area contributed by atoms with E-state index in [0.29, 0.717) is 15.6 Å². The van der Waals surface area contributed by atoms with Crippen molar-refractivity contribution in [1.29, 1.82) is 0 Å². The summed E-state index contributed by atoms with van der Waals surface area (Å²) in [7, 11) is -3.05. The summed E-state index contributed by atoms with van der Waals surface area (Å²) >= 11 is 6.54. The Kier molecular flexibility index (Phi) is 4.62. The molecule has 1 aromatic carbocycles. The van der Waals surface area contributed by atoms with E-state index >= 15 is 0 Å². The molecule has 3 rings (SSSR count). The molecule has 1 aromatic rings. The first kappa shape index (κ1) is 16.7. The third-order valence-corrected chi connectivity index (χ3v) is 7.16. The number of hydrogen-bond acceptors (Lipinski definition) is 5. The summed E-state index contributed by atoms with van der Waals surface area (Å²) in [5.74, 6) is -0.0360. The quantitative estimate of drug-likeness (QED) is 0.607. The minimum absolute atomic E-state index is 0.0118. The number of carbonyl (C=O) groups excluding carboxylic acids is 1. The fourth-order valence-corrected chi connectivity index (χ4v) is 5.87. The molecule has 122 valence electrons. The second kappa shape index (κ2) is 6.37. The fraction of sp³-hybridized carbons (Fsp3) is 0.375. The summed E-state index contributed by atoms with van der Waals surface area (Å²) in [5, 5.41) is 0. The third-order valence-electron chi connectivity index (χ3n) is 4.08. The van der Waals surface area contributed by atoms with Crippen molar-refractivity contribution in [2.45, 2.75) is 25.8 Å². The average Bonchev–Trinajstić information content (AvgIpc) is 2.99. The van der Waals surface area contributed by atoms with E-state index < -0.39 is 9.84 Å². The molecule has 1 atom stereocenters. The molecule has 0 radical (unpaired) electrons. The largest absolute Gasteiger partial charge is 0.289 e. The maximum atomic E-state index is 12.6. The maximum Gasteiger partial charge on any atom is 0.266 e. The lowest BCUT2D eigenvalue weighted by Crippen LogP contribution is -2.39. The molecule has 4 nitrogen and oxygen atoms in total. The monoisotopic (exact) mass is 367 g/mol. The molecule has 0 aromatic heterocycles. The Morgan fingerprint density at radius 1 is 1.35 bits per heavy atom. The number of thiocarbonyl (C=S) groups is 1. The van der Waals surface area contributed by atoms with Crippen molar-refractivity contribution in [2.24, 2.45) is 0 Å². The van der Waals surface area contributed by atoms with E-state index in [2.05, 4.69) is 6.92 Å². The molecular formula is C16H17NO3S3. The van der Waals surface area contributed by atoms with Crippen LogP contribution in [0.3, 0.4) is 0 Å². The van der Waals surface area contributed by atoms with Crippen molar-refractivity contribution in [3.8, 4) is 0 Å². The SMILES string of the molecule is CCc1ccc(/C=C2\SC(=S)N([C@H]3CCS(=O)(=O)C3)C2=O)cc1. The Labute approximate surface area is 145 Å². The average molecular weight is 368 g/mol. The van der Waals surface area contributed by atoms with E-state index in [9.17, 15) is 13.2 Å². The summed E-state index contributed by atoms with van der Waals surface area (Å²) in [5.41, 5.74) is 2.19. The van der Waals surface area contributed by atoms with Gasteiger partial charge in [-0.25, -0.2) is 8.42 Å². The number of aryl methyl sites for hydroxylation is 1. The number of thioether (sulfide) groups is 1. The van der Waals surface area contributed by atoms with Gasteiger partial charge in [-0.2, -0.15) is 0 Å². The zero-order chi connectivity index (χ0) is 16.6. The topological polar surface area (TPSA) is 54.5 Å². The highest BCUT2D eigenvalue weighted by atomic mass is 32.2. The van der Waals surface area contributed by atoms with Crippen LogP contribution in [0.2, 0.25) is 0 Å². The molecule has 0 spiro atoms. The number of rotatable bonds is 3. The van der Waals surface area contributed by atoms with Crippen molar-refractivity contribution in [3.05, 3.63) is 40.3 Å². The molecule has 2 fully saturated rings. The van der Waals surface area contributed by atoms with Crippen molar-refractivity contribution < 1.29 is 13.2 Å². The lowest BCUT2D eigenvalue weighted by molar-refractivity contribution is -0.123. The number of carbonyl (C=O) groups is 1. The zero-order valence-corrected chi connectivity index (χ0v) is 15.1. The zero-order valence-electron chi connectivity index (χ0n) is 12.7. The van der Waals surface area contributed by atoms with Crippen molar-refractivity contribution in [1.82, 2.24) is 4.90 Å². The highest BCUT2D eigenvalue weighted by molar-refractivity contribution is 8.26. The third kappa shape index (κ3) is 3.51. The van der Waals surface area contributed by atoms with Crippen LogP contribution in [0.1, 0.15) is 24.5 Å². The van der Waals surface area contributed by atoms with E-state index in [0.717, 1.165) is 12.0 Å². The highest BCUT2D eigenvalue weighted by Gasteiger charge is 2.42. The molecule has 0 saturated carbocycles. The lowest BCUT2D eigenvalue weighted by atomic mass is 10.1. The van der Waals surface area contributed by atoms with E-state index in [1.807, 2.05) is 30.3 Å². The van der Waals surface area contributed by atoms with E-state index in [4.69, 9.17) is 12.2 Å². The van der Waals surface area contributed by atoms with Gasteiger partial charge in [0.2, 0.25) is 0 Å². The lowest BCUT2D eigenvalue weighted by Gasteiger charge is -2.20. The van der Waals surface area contributed by atoms with Gasteiger partial charge < -0.3 is 0 Å². The molecule has 2 aliphatic rings. The second-order valence-electron chi connectivity index (χ2n) is 5.70. The first-order valence-corrected chi connectivity index (χ1v) is 10.5. The molecule has 0 unspecified atom stereocenters. The van der Waals surface area contributed by atoms with Gasteiger partial charge >= 0.3 is 0 Å². The van der Waals surface area contributed by atoms with Gasteiger partial charge in [-0.1, -0.05) is 55.2 Å². The molecule has 0 bridgehead atoms. The highest BCUT2D eigenvalue weighted by Crippen LogP contribution is 2.36. The van der Waals surface area contributed by atoms with Crippen molar-refractivity contribution in [3.63, 3.8) is 0 Å². The molecule has 0 aliphatic carbocycles. The second-order valence-corrected chi connectivity index (χ2v) is 9.61. The van der Waals surface area contributed by atoms with Gasteiger partial charge in [0, 0.05) is 0 Å². The normalized spacial score (nSPS) is 25.5. The van der Waals surface area contributed by atoms with Crippen LogP contribution in [0.5, 0.6) is 0 Å². The van der Waals surface area contributed by atoms with E-state index in [1.54, 1.807) is 0 Å². The van der Waals surface area contributed by atoms with Crippen LogP contribution in [-0.2, 0) is 21.1 Å². The molecule has 0 N–H and O–H groups in total.